The molecule has 0 aliphatic rings. The highest BCUT2D eigenvalue weighted by Crippen LogP contribution is 2.22. The third-order valence-corrected chi connectivity index (χ3v) is 3.68. The number of halogens is 1. The van der Waals surface area contributed by atoms with Crippen LogP contribution in [0.1, 0.15) is 52.5 Å². The molecule has 0 unspecified atom stereocenters. The van der Waals surface area contributed by atoms with Crippen LogP contribution in [0.5, 0.6) is 0 Å². The second-order valence-electron chi connectivity index (χ2n) is 5.71. The number of hydrogen-bond donors (Lipinski definition) is 0. The Morgan fingerprint density at radius 1 is 1.00 bits per heavy atom. The van der Waals surface area contributed by atoms with Crippen LogP contribution in [-0.4, -0.2) is 36.7 Å². The zero-order valence-corrected chi connectivity index (χ0v) is 15.5. The van der Waals surface area contributed by atoms with Gasteiger partial charge in [-0.2, -0.15) is 0 Å². The first-order chi connectivity index (χ1) is 13.3. The Morgan fingerprint density at radius 2 is 1.64 bits per heavy atom. The Hall–Kier alpha value is -3.29. The summed E-state index contributed by atoms with van der Waals surface area (Å²) in [5.41, 5.74) is 0.668. The molecule has 8 heteroatoms. The molecule has 1 heterocycles. The van der Waals surface area contributed by atoms with Crippen molar-refractivity contribution in [3.8, 4) is 0 Å². The van der Waals surface area contributed by atoms with Gasteiger partial charge in [-0.1, -0.05) is 12.1 Å². The van der Waals surface area contributed by atoms with Crippen molar-refractivity contribution in [3.05, 3.63) is 58.8 Å². The van der Waals surface area contributed by atoms with E-state index >= 15 is 0 Å². The molecule has 0 aliphatic heterocycles. The van der Waals surface area contributed by atoms with Gasteiger partial charge in [0, 0.05) is 12.5 Å². The fourth-order valence-electron chi connectivity index (χ4n) is 2.38. The lowest BCUT2D eigenvalue weighted by atomic mass is 10.1. The zero-order chi connectivity index (χ0) is 20.7. The predicted molar refractivity (Wildman–Crippen MR) is 94.5 cm³/mol. The molecule has 1 aromatic heterocycles. The van der Waals surface area contributed by atoms with E-state index in [4.69, 9.17) is 9.15 Å². The molecule has 0 aliphatic carbocycles. The number of rotatable bonds is 9. The second kappa shape index (κ2) is 9.59. The van der Waals surface area contributed by atoms with Crippen LogP contribution in [0.4, 0.5) is 4.39 Å². The van der Waals surface area contributed by atoms with Crippen LogP contribution in [0.2, 0.25) is 0 Å². The van der Waals surface area contributed by atoms with E-state index in [1.165, 1.54) is 37.3 Å². The monoisotopic (exact) mass is 390 g/mol. The largest absolute Gasteiger partial charge is 0.462 e. The number of carbonyl (C=O) groups excluding carboxylic acids is 4. The highest BCUT2D eigenvalue weighted by molar-refractivity contribution is 6.38. The number of furan rings is 1. The van der Waals surface area contributed by atoms with Gasteiger partial charge in [0.25, 0.3) is 0 Å². The maximum Gasteiger partial charge on any atom is 0.375 e. The zero-order valence-electron chi connectivity index (χ0n) is 15.5. The second-order valence-corrected chi connectivity index (χ2v) is 5.71. The average Bonchev–Trinajstić information content (AvgIpc) is 3.08. The summed E-state index contributed by atoms with van der Waals surface area (Å²) in [5.74, 6) is -4.12. The Bertz CT molecular complexity index is 880. The molecule has 0 saturated heterocycles. The number of carbonyl (C=O) groups is 4. The molecule has 0 bridgehead atoms. The van der Waals surface area contributed by atoms with Crippen molar-refractivity contribution in [2.45, 2.75) is 26.7 Å². The van der Waals surface area contributed by atoms with Gasteiger partial charge in [0.15, 0.2) is 5.76 Å². The Balaban J connectivity index is 2.26. The summed E-state index contributed by atoms with van der Waals surface area (Å²) in [6.07, 6.45) is -0.641. The molecule has 2 rings (SSSR count). The summed E-state index contributed by atoms with van der Waals surface area (Å²) >= 11 is 0. The van der Waals surface area contributed by atoms with Gasteiger partial charge in [-0.05, 0) is 31.5 Å². The molecule has 0 saturated carbocycles. The number of benzene rings is 1. The van der Waals surface area contributed by atoms with Crippen LogP contribution in [0, 0.1) is 5.82 Å². The molecule has 0 radical (unpaired) electrons. The normalized spacial score (nSPS) is 10.4. The van der Waals surface area contributed by atoms with Crippen molar-refractivity contribution in [2.75, 3.05) is 13.2 Å². The maximum absolute atomic E-state index is 13.1. The number of Topliss-reactive ketones (excluding diaryl/α,β-unsaturated/α-hetero) is 2. The SMILES string of the molecule is CCOC(=O)C(=O)CC(=O)c1cc(C(=O)OCC)c(Cc2ccc(F)cc2)o1. The first kappa shape index (κ1) is 21.0. The Kier molecular flexibility index (Phi) is 7.20. The topological polar surface area (TPSA) is 99.9 Å². The first-order valence-electron chi connectivity index (χ1n) is 8.63. The minimum atomic E-state index is -1.11. The van der Waals surface area contributed by atoms with Crippen molar-refractivity contribution in [1.29, 1.82) is 0 Å². The highest BCUT2D eigenvalue weighted by Gasteiger charge is 2.26. The molecule has 1 aromatic carbocycles. The van der Waals surface area contributed by atoms with Gasteiger partial charge < -0.3 is 13.9 Å². The predicted octanol–water partition coefficient (Wildman–Crippen LogP) is 2.89. The van der Waals surface area contributed by atoms with Gasteiger partial charge in [0.2, 0.25) is 11.6 Å². The van der Waals surface area contributed by atoms with Gasteiger partial charge in [-0.25, -0.2) is 14.0 Å². The summed E-state index contributed by atoms with van der Waals surface area (Å²) in [5, 5.41) is 0. The molecule has 2 aromatic rings. The lowest BCUT2D eigenvalue weighted by Crippen LogP contribution is -2.20. The van der Waals surface area contributed by atoms with Crippen molar-refractivity contribution in [2.24, 2.45) is 0 Å². The third kappa shape index (κ3) is 5.35. The average molecular weight is 390 g/mol. The highest BCUT2D eigenvalue weighted by atomic mass is 19.1. The molecule has 0 spiro atoms. The Morgan fingerprint density at radius 3 is 2.25 bits per heavy atom. The molecular weight excluding hydrogens is 371 g/mol. The summed E-state index contributed by atoms with van der Waals surface area (Å²) in [4.78, 5) is 47.5. The number of hydrogen-bond acceptors (Lipinski definition) is 7. The fourth-order valence-corrected chi connectivity index (χ4v) is 2.38. The molecule has 148 valence electrons. The van der Waals surface area contributed by atoms with Crippen LogP contribution in [0.15, 0.2) is 34.7 Å². The minimum absolute atomic E-state index is 0.00827. The number of esters is 2. The van der Waals surface area contributed by atoms with Gasteiger partial charge in [-0.15, -0.1) is 0 Å². The van der Waals surface area contributed by atoms with E-state index in [0.29, 0.717) is 5.56 Å². The molecular formula is C20H19FO7. The molecule has 0 atom stereocenters. The van der Waals surface area contributed by atoms with Crippen LogP contribution in [0.3, 0.4) is 0 Å². The van der Waals surface area contributed by atoms with Crippen molar-refractivity contribution >= 4 is 23.5 Å². The van der Waals surface area contributed by atoms with Crippen LogP contribution >= 0.6 is 0 Å². The molecule has 0 N–H and O–H groups in total. The first-order valence-corrected chi connectivity index (χ1v) is 8.63. The van der Waals surface area contributed by atoms with E-state index in [0.717, 1.165) is 0 Å². The number of ketones is 2. The molecule has 28 heavy (non-hydrogen) atoms. The van der Waals surface area contributed by atoms with Crippen molar-refractivity contribution < 1.29 is 37.5 Å². The summed E-state index contributed by atoms with van der Waals surface area (Å²) in [6.45, 7) is 3.29. The van der Waals surface area contributed by atoms with E-state index < -0.39 is 35.7 Å². The van der Waals surface area contributed by atoms with E-state index in [1.807, 2.05) is 0 Å². The van der Waals surface area contributed by atoms with E-state index in [-0.39, 0.29) is 36.7 Å². The summed E-state index contributed by atoms with van der Waals surface area (Å²) in [7, 11) is 0. The molecule has 0 fully saturated rings. The fraction of sp³-hybridized carbons (Fsp3) is 0.300. The van der Waals surface area contributed by atoms with Crippen LogP contribution < -0.4 is 0 Å². The van der Waals surface area contributed by atoms with Gasteiger partial charge in [0.1, 0.15) is 17.1 Å². The van der Waals surface area contributed by atoms with Gasteiger partial charge >= 0.3 is 11.9 Å². The maximum atomic E-state index is 13.1. The van der Waals surface area contributed by atoms with Crippen molar-refractivity contribution in [1.82, 2.24) is 0 Å². The smallest absolute Gasteiger partial charge is 0.375 e. The van der Waals surface area contributed by atoms with E-state index in [2.05, 4.69) is 4.74 Å². The minimum Gasteiger partial charge on any atom is -0.462 e. The van der Waals surface area contributed by atoms with Gasteiger partial charge in [-0.3, -0.25) is 9.59 Å². The van der Waals surface area contributed by atoms with Gasteiger partial charge in [0.05, 0.1) is 19.6 Å². The third-order valence-electron chi connectivity index (χ3n) is 3.68. The van der Waals surface area contributed by atoms with Crippen molar-refractivity contribution in [3.63, 3.8) is 0 Å². The molecule has 0 amide bonds. The van der Waals surface area contributed by atoms with Crippen LogP contribution in [-0.2, 0) is 25.5 Å². The summed E-state index contributed by atoms with van der Waals surface area (Å²) < 4.78 is 28.1. The Labute approximate surface area is 160 Å². The number of ether oxygens (including phenoxy) is 2. The van der Waals surface area contributed by atoms with E-state index in [1.54, 1.807) is 6.92 Å². The quantitative estimate of drug-likeness (QED) is 0.281. The summed E-state index contributed by atoms with van der Waals surface area (Å²) in [6, 6.07) is 6.72. The standard InChI is InChI=1S/C20H19FO7/c1-3-26-19(24)14-10-18(15(22)11-16(23)20(25)27-4-2)28-17(14)9-12-5-7-13(21)8-6-12/h5-8,10H,3-4,9,11H2,1-2H3. The lowest BCUT2D eigenvalue weighted by Gasteiger charge is -2.03. The molecule has 7 nitrogen and oxygen atoms in total. The van der Waals surface area contributed by atoms with E-state index in [9.17, 15) is 23.6 Å². The van der Waals surface area contributed by atoms with Crippen LogP contribution in [0.25, 0.3) is 0 Å². The lowest BCUT2D eigenvalue weighted by molar-refractivity contribution is -0.153.